The molecule has 2 aromatic heterocycles. The van der Waals surface area contributed by atoms with E-state index >= 15 is 0 Å². The molecule has 1 aliphatic rings. The lowest BCUT2D eigenvalue weighted by atomic mass is 9.99. The predicted octanol–water partition coefficient (Wildman–Crippen LogP) is 3.71. The fourth-order valence-corrected chi connectivity index (χ4v) is 3.73. The van der Waals surface area contributed by atoms with Gasteiger partial charge in [-0.05, 0) is 25.1 Å². The van der Waals surface area contributed by atoms with Gasteiger partial charge in [0.1, 0.15) is 0 Å². The third-order valence-electron chi connectivity index (χ3n) is 4.38. The third-order valence-corrected chi connectivity index (χ3v) is 5.15. The van der Waals surface area contributed by atoms with Crippen molar-refractivity contribution in [3.05, 3.63) is 57.7 Å². The normalized spacial score (nSPS) is 15.6. The maximum Gasteiger partial charge on any atom is 0.270 e. The Morgan fingerprint density at radius 3 is 2.92 bits per heavy atom. The Bertz CT molecular complexity index is 943. The summed E-state index contributed by atoms with van der Waals surface area (Å²) in [4.78, 5) is 17.5. The van der Waals surface area contributed by atoms with Crippen LogP contribution in [-0.4, -0.2) is 39.5 Å². The number of thiazole rings is 1. The van der Waals surface area contributed by atoms with Gasteiger partial charge in [-0.2, -0.15) is 0 Å². The number of benzene rings is 1. The zero-order chi connectivity index (χ0) is 16.7. The molecule has 6 nitrogen and oxygen atoms in total. The molecule has 0 saturated carbocycles. The summed E-state index contributed by atoms with van der Waals surface area (Å²) < 4.78 is 2.03. The first-order valence-electron chi connectivity index (χ1n) is 7.71. The highest BCUT2D eigenvalue weighted by Crippen LogP contribution is 2.34. The number of nitro groups is 1. The molecule has 1 aromatic carbocycles. The number of rotatable bonds is 3. The van der Waals surface area contributed by atoms with Gasteiger partial charge in [0.25, 0.3) is 5.69 Å². The van der Waals surface area contributed by atoms with Crippen molar-refractivity contribution in [1.82, 2.24) is 14.5 Å². The Morgan fingerprint density at radius 2 is 2.25 bits per heavy atom. The maximum absolute atomic E-state index is 11.2. The van der Waals surface area contributed by atoms with Crippen LogP contribution in [0.1, 0.15) is 12.0 Å². The lowest BCUT2D eigenvalue weighted by molar-refractivity contribution is -0.384. The van der Waals surface area contributed by atoms with Crippen LogP contribution < -0.4 is 0 Å². The van der Waals surface area contributed by atoms with Crippen molar-refractivity contribution in [2.24, 2.45) is 0 Å². The van der Waals surface area contributed by atoms with Gasteiger partial charge in [-0.15, -0.1) is 11.3 Å². The second-order valence-corrected chi connectivity index (χ2v) is 6.80. The first-order valence-corrected chi connectivity index (χ1v) is 8.59. The molecule has 0 fully saturated rings. The summed E-state index contributed by atoms with van der Waals surface area (Å²) in [5.41, 5.74) is 3.38. The van der Waals surface area contributed by atoms with Crippen molar-refractivity contribution in [2.75, 3.05) is 20.1 Å². The van der Waals surface area contributed by atoms with Crippen molar-refractivity contribution < 1.29 is 4.92 Å². The lowest BCUT2D eigenvalue weighted by Gasteiger charge is -2.21. The van der Waals surface area contributed by atoms with E-state index in [1.807, 2.05) is 16.0 Å². The van der Waals surface area contributed by atoms with E-state index in [0.717, 1.165) is 41.1 Å². The number of nitrogens with zero attached hydrogens (tertiary/aromatic N) is 4. The molecule has 0 bridgehead atoms. The van der Waals surface area contributed by atoms with Crippen LogP contribution in [0.3, 0.4) is 0 Å². The van der Waals surface area contributed by atoms with E-state index in [0.29, 0.717) is 0 Å². The quantitative estimate of drug-likeness (QED) is 0.538. The van der Waals surface area contributed by atoms with Gasteiger partial charge in [-0.1, -0.05) is 6.08 Å². The monoisotopic (exact) mass is 340 g/mol. The Labute approximate surface area is 142 Å². The van der Waals surface area contributed by atoms with Gasteiger partial charge in [0.15, 0.2) is 5.13 Å². The first kappa shape index (κ1) is 15.0. The average molecular weight is 340 g/mol. The number of nitro benzene ring substituents is 1. The minimum atomic E-state index is -0.340. The smallest absolute Gasteiger partial charge is 0.270 e. The van der Waals surface area contributed by atoms with Gasteiger partial charge in [0.2, 0.25) is 0 Å². The van der Waals surface area contributed by atoms with E-state index in [4.69, 9.17) is 0 Å². The van der Waals surface area contributed by atoms with Gasteiger partial charge in [-0.25, -0.2) is 4.98 Å². The number of fused-ring (bicyclic) bond motifs is 1. The zero-order valence-corrected chi connectivity index (χ0v) is 14.0. The highest BCUT2D eigenvalue weighted by molar-refractivity contribution is 7.12. The Hall–Kier alpha value is -2.51. The number of aromatic nitrogens is 2. The molecule has 1 aliphatic heterocycles. The van der Waals surface area contributed by atoms with Crippen molar-refractivity contribution in [2.45, 2.75) is 6.42 Å². The zero-order valence-electron chi connectivity index (χ0n) is 13.2. The van der Waals surface area contributed by atoms with Crippen LogP contribution in [0, 0.1) is 10.1 Å². The summed E-state index contributed by atoms with van der Waals surface area (Å²) >= 11 is 1.55. The Morgan fingerprint density at radius 1 is 1.38 bits per heavy atom. The van der Waals surface area contributed by atoms with Gasteiger partial charge in [-0.3, -0.25) is 14.7 Å². The molecule has 0 amide bonds. The summed E-state index contributed by atoms with van der Waals surface area (Å²) in [6.45, 7) is 1.89. The fourth-order valence-electron chi connectivity index (χ4n) is 3.10. The summed E-state index contributed by atoms with van der Waals surface area (Å²) in [6.07, 6.45) is 6.98. The molecule has 24 heavy (non-hydrogen) atoms. The molecule has 0 unspecified atom stereocenters. The summed E-state index contributed by atoms with van der Waals surface area (Å²) in [6, 6.07) is 5.04. The Kier molecular flexibility index (Phi) is 3.66. The van der Waals surface area contributed by atoms with Crippen LogP contribution in [0.5, 0.6) is 0 Å². The van der Waals surface area contributed by atoms with E-state index in [9.17, 15) is 10.1 Å². The summed E-state index contributed by atoms with van der Waals surface area (Å²) in [5.74, 6) is 0. The molecule has 0 N–H and O–H groups in total. The SMILES string of the molecule is CN1CC=C(c2cn(-c3nccs3)c3ccc([N+](=O)[O-])cc23)CC1. The van der Waals surface area contributed by atoms with Crippen LogP contribution in [0.4, 0.5) is 5.69 Å². The molecule has 3 aromatic rings. The van der Waals surface area contributed by atoms with Crippen LogP contribution in [-0.2, 0) is 0 Å². The van der Waals surface area contributed by atoms with E-state index in [2.05, 4.69) is 29.2 Å². The van der Waals surface area contributed by atoms with Crippen molar-refractivity contribution in [3.63, 3.8) is 0 Å². The summed E-state index contributed by atoms with van der Waals surface area (Å²) in [5, 5.41) is 14.9. The molecule has 0 saturated heterocycles. The number of hydrogen-bond acceptors (Lipinski definition) is 5. The summed E-state index contributed by atoms with van der Waals surface area (Å²) in [7, 11) is 2.09. The highest BCUT2D eigenvalue weighted by Gasteiger charge is 2.19. The van der Waals surface area contributed by atoms with Gasteiger partial charge in [0.05, 0.1) is 10.4 Å². The van der Waals surface area contributed by atoms with Gasteiger partial charge < -0.3 is 4.90 Å². The maximum atomic E-state index is 11.2. The van der Waals surface area contributed by atoms with Crippen LogP contribution >= 0.6 is 11.3 Å². The molecule has 0 aliphatic carbocycles. The minimum absolute atomic E-state index is 0.120. The predicted molar refractivity (Wildman–Crippen MR) is 95.7 cm³/mol. The number of non-ortho nitro benzene ring substituents is 1. The van der Waals surface area contributed by atoms with Gasteiger partial charge >= 0.3 is 0 Å². The van der Waals surface area contributed by atoms with Crippen molar-refractivity contribution in [1.29, 1.82) is 0 Å². The molecular weight excluding hydrogens is 324 g/mol. The minimum Gasteiger partial charge on any atom is -0.302 e. The molecule has 3 heterocycles. The first-order chi connectivity index (χ1) is 11.6. The molecule has 122 valence electrons. The largest absolute Gasteiger partial charge is 0.302 e. The van der Waals surface area contributed by atoms with E-state index < -0.39 is 0 Å². The average Bonchev–Trinajstić information content (AvgIpc) is 3.22. The third kappa shape index (κ3) is 2.51. The molecular formula is C17H16N4O2S. The molecule has 0 spiro atoms. The molecule has 7 heteroatoms. The van der Waals surface area contributed by atoms with E-state index in [1.165, 1.54) is 5.57 Å². The van der Waals surface area contributed by atoms with Gasteiger partial charge in [0, 0.05) is 53.9 Å². The molecule has 0 radical (unpaired) electrons. The second-order valence-electron chi connectivity index (χ2n) is 5.93. The van der Waals surface area contributed by atoms with E-state index in [1.54, 1.807) is 29.7 Å². The fraction of sp³-hybridized carbons (Fsp3) is 0.235. The standard InChI is InChI=1S/C17H16N4O2S/c1-19-7-4-12(5-8-19)15-11-20(17-18-6-9-24-17)16-3-2-13(21(22)23)10-14(15)16/h2-4,6,9-11H,5,7-8H2,1H3. The number of hydrogen-bond donors (Lipinski definition) is 0. The van der Waals surface area contributed by atoms with E-state index in [-0.39, 0.29) is 10.6 Å². The number of likely N-dealkylation sites (N-methyl/N-ethyl adjacent to an activating group) is 1. The molecule has 4 rings (SSSR count). The lowest BCUT2D eigenvalue weighted by Crippen LogP contribution is -2.23. The Balaban J connectivity index is 1.94. The second kappa shape index (κ2) is 5.85. The molecule has 0 atom stereocenters. The van der Waals surface area contributed by atoms with Crippen LogP contribution in [0.15, 0.2) is 42.0 Å². The highest BCUT2D eigenvalue weighted by atomic mass is 32.1. The van der Waals surface area contributed by atoms with Crippen molar-refractivity contribution >= 4 is 33.5 Å². The topological polar surface area (TPSA) is 64.2 Å². The van der Waals surface area contributed by atoms with Crippen LogP contribution in [0.25, 0.3) is 21.6 Å². The van der Waals surface area contributed by atoms with Crippen LogP contribution in [0.2, 0.25) is 0 Å². The van der Waals surface area contributed by atoms with Crippen molar-refractivity contribution in [3.8, 4) is 5.13 Å².